The van der Waals surface area contributed by atoms with Crippen LogP contribution in [-0.2, 0) is 6.54 Å². The van der Waals surface area contributed by atoms with Crippen molar-refractivity contribution in [3.05, 3.63) is 78.8 Å². The third kappa shape index (κ3) is 3.82. The Bertz CT molecular complexity index is 1410. The molecule has 0 atom stereocenters. The van der Waals surface area contributed by atoms with Gasteiger partial charge in [-0.2, -0.15) is 10.2 Å². The van der Waals surface area contributed by atoms with E-state index in [2.05, 4.69) is 51.7 Å². The second-order valence-corrected chi connectivity index (χ2v) is 8.69. The molecule has 1 saturated heterocycles. The third-order valence-corrected chi connectivity index (χ3v) is 6.45. The maximum Gasteiger partial charge on any atom is 0.164 e. The lowest BCUT2D eigenvalue weighted by Gasteiger charge is -2.23. The van der Waals surface area contributed by atoms with E-state index < -0.39 is 0 Å². The van der Waals surface area contributed by atoms with Crippen molar-refractivity contribution in [2.45, 2.75) is 25.4 Å². The van der Waals surface area contributed by atoms with Crippen LogP contribution in [0.5, 0.6) is 0 Å². The van der Waals surface area contributed by atoms with Crippen LogP contribution in [0.4, 0.5) is 5.82 Å². The zero-order valence-corrected chi connectivity index (χ0v) is 18.8. The number of nitrogen functional groups attached to an aromatic ring is 1. The molecule has 0 radical (unpaired) electrons. The second kappa shape index (κ2) is 8.72. The number of aromatic nitrogens is 6. The molecule has 34 heavy (non-hydrogen) atoms. The Hall–Kier alpha value is -4.04. The summed E-state index contributed by atoms with van der Waals surface area (Å²) in [4.78, 5) is 8.78. The van der Waals surface area contributed by atoms with Crippen LogP contribution < -0.4 is 11.1 Å². The summed E-state index contributed by atoms with van der Waals surface area (Å²) in [5, 5.41) is 14.0. The highest BCUT2D eigenvalue weighted by Crippen LogP contribution is 2.34. The van der Waals surface area contributed by atoms with Crippen molar-refractivity contribution in [3.8, 4) is 22.5 Å². The van der Waals surface area contributed by atoms with Crippen LogP contribution in [0.3, 0.4) is 0 Å². The molecule has 8 heteroatoms. The monoisotopic (exact) mass is 450 g/mol. The van der Waals surface area contributed by atoms with E-state index in [-0.39, 0.29) is 0 Å². The number of anilines is 1. The van der Waals surface area contributed by atoms with Gasteiger partial charge in [0.15, 0.2) is 5.65 Å². The Morgan fingerprint density at radius 1 is 0.882 bits per heavy atom. The highest BCUT2D eigenvalue weighted by atomic mass is 15.3. The van der Waals surface area contributed by atoms with Gasteiger partial charge in [0, 0.05) is 17.3 Å². The van der Waals surface area contributed by atoms with Gasteiger partial charge in [-0.25, -0.2) is 14.6 Å². The van der Waals surface area contributed by atoms with Crippen LogP contribution in [0.15, 0.2) is 73.2 Å². The molecule has 8 nitrogen and oxygen atoms in total. The van der Waals surface area contributed by atoms with E-state index in [0.717, 1.165) is 66.0 Å². The molecule has 1 aliphatic heterocycles. The Kier molecular flexibility index (Phi) is 5.27. The Labute approximate surface area is 197 Å². The smallest absolute Gasteiger partial charge is 0.164 e. The lowest BCUT2D eigenvalue weighted by atomic mass is 10.1. The molecule has 4 heterocycles. The maximum absolute atomic E-state index is 6.29. The lowest BCUT2D eigenvalue weighted by molar-refractivity contribution is 0.350. The van der Waals surface area contributed by atoms with Crippen molar-refractivity contribution in [1.82, 2.24) is 34.8 Å². The number of nitrogens with two attached hydrogens (primary N) is 1. The van der Waals surface area contributed by atoms with Crippen molar-refractivity contribution in [3.63, 3.8) is 0 Å². The molecule has 0 unspecified atom stereocenters. The number of hydrogen-bond acceptors (Lipinski definition) is 6. The number of rotatable bonds is 5. The molecule has 2 aromatic carbocycles. The van der Waals surface area contributed by atoms with Crippen molar-refractivity contribution in [2.75, 3.05) is 18.8 Å². The molecule has 5 aromatic rings. The van der Waals surface area contributed by atoms with Gasteiger partial charge in [-0.05, 0) is 37.6 Å². The normalized spacial score (nSPS) is 14.6. The lowest BCUT2D eigenvalue weighted by Crippen LogP contribution is -2.30. The molecule has 1 fully saturated rings. The van der Waals surface area contributed by atoms with E-state index >= 15 is 0 Å². The summed E-state index contributed by atoms with van der Waals surface area (Å²) in [6.45, 7) is 2.71. The van der Waals surface area contributed by atoms with E-state index in [1.165, 1.54) is 11.9 Å². The number of nitrogens with one attached hydrogen (secondary N) is 1. The summed E-state index contributed by atoms with van der Waals surface area (Å²) in [6, 6.07) is 21.0. The van der Waals surface area contributed by atoms with E-state index in [1.807, 2.05) is 39.8 Å². The van der Waals surface area contributed by atoms with Crippen LogP contribution in [-0.4, -0.2) is 42.6 Å². The molecule has 0 spiro atoms. The topological polar surface area (TPSA) is 99.5 Å². The number of fused-ring (bicyclic) bond motifs is 1. The number of hydrogen-bond donors (Lipinski definition) is 2. The molecular formula is C26H26N8. The van der Waals surface area contributed by atoms with E-state index in [0.29, 0.717) is 11.9 Å². The summed E-state index contributed by atoms with van der Waals surface area (Å²) >= 11 is 0. The molecule has 3 aromatic heterocycles. The number of benzene rings is 2. The van der Waals surface area contributed by atoms with Crippen molar-refractivity contribution >= 4 is 16.9 Å². The Balaban J connectivity index is 1.31. The van der Waals surface area contributed by atoms with E-state index in [4.69, 9.17) is 15.9 Å². The maximum atomic E-state index is 6.29. The Morgan fingerprint density at radius 2 is 1.65 bits per heavy atom. The first-order chi connectivity index (χ1) is 16.8. The molecule has 0 amide bonds. The van der Waals surface area contributed by atoms with Gasteiger partial charge >= 0.3 is 0 Å². The summed E-state index contributed by atoms with van der Waals surface area (Å²) in [5.41, 5.74) is 12.1. The van der Waals surface area contributed by atoms with Crippen LogP contribution in [0.1, 0.15) is 24.4 Å². The molecular weight excluding hydrogens is 424 g/mol. The average Bonchev–Trinajstić information content (AvgIpc) is 3.51. The third-order valence-electron chi connectivity index (χ3n) is 6.45. The predicted molar refractivity (Wildman–Crippen MR) is 133 cm³/mol. The standard InChI is InChI=1S/C26H26N8/c27-25-23-24(32-34(26(23)30-17-29-25)21-10-13-28-14-11-21)20-8-6-19(7-9-20)22-12-15-33(31-22)16-18-4-2-1-3-5-18/h1-9,12,15,17,21,28H,10-11,13-14,16H2,(H2,27,29,30). The molecule has 0 aliphatic carbocycles. The van der Waals surface area contributed by atoms with Gasteiger partial charge in [-0.15, -0.1) is 0 Å². The quantitative estimate of drug-likeness (QED) is 0.421. The fourth-order valence-electron chi connectivity index (χ4n) is 4.68. The van der Waals surface area contributed by atoms with Crippen molar-refractivity contribution < 1.29 is 0 Å². The van der Waals surface area contributed by atoms with Gasteiger partial charge in [0.1, 0.15) is 17.8 Å². The molecule has 0 bridgehead atoms. The minimum atomic E-state index is 0.305. The fraction of sp³-hybridized carbons (Fsp3) is 0.231. The molecule has 0 saturated carbocycles. The highest BCUT2D eigenvalue weighted by molar-refractivity contribution is 5.98. The van der Waals surface area contributed by atoms with Crippen LogP contribution in [0, 0.1) is 0 Å². The Morgan fingerprint density at radius 3 is 2.44 bits per heavy atom. The van der Waals surface area contributed by atoms with Gasteiger partial charge in [-0.1, -0.05) is 54.6 Å². The first-order valence-electron chi connectivity index (χ1n) is 11.6. The minimum Gasteiger partial charge on any atom is -0.383 e. The number of piperidine rings is 1. The summed E-state index contributed by atoms with van der Waals surface area (Å²) in [5.74, 6) is 0.462. The molecule has 170 valence electrons. The van der Waals surface area contributed by atoms with Crippen molar-refractivity contribution in [1.29, 1.82) is 0 Å². The van der Waals surface area contributed by atoms with Crippen molar-refractivity contribution in [2.24, 2.45) is 0 Å². The first-order valence-corrected chi connectivity index (χ1v) is 11.6. The summed E-state index contributed by atoms with van der Waals surface area (Å²) in [6.07, 6.45) is 5.58. The van der Waals surface area contributed by atoms with E-state index in [1.54, 1.807) is 0 Å². The predicted octanol–water partition coefficient (Wildman–Crippen LogP) is 3.91. The SMILES string of the molecule is Nc1ncnc2c1c(-c1ccc(-c3ccn(Cc4ccccc4)n3)cc1)nn2C1CCNCC1. The van der Waals surface area contributed by atoms with Gasteiger partial charge in [-0.3, -0.25) is 4.68 Å². The average molecular weight is 451 g/mol. The van der Waals surface area contributed by atoms with Gasteiger partial charge in [0.25, 0.3) is 0 Å². The first kappa shape index (κ1) is 20.6. The minimum absolute atomic E-state index is 0.305. The van der Waals surface area contributed by atoms with Crippen LogP contribution in [0.25, 0.3) is 33.5 Å². The van der Waals surface area contributed by atoms with Crippen LogP contribution >= 0.6 is 0 Å². The highest BCUT2D eigenvalue weighted by Gasteiger charge is 2.23. The molecule has 6 rings (SSSR count). The summed E-state index contributed by atoms with van der Waals surface area (Å²) < 4.78 is 4.01. The second-order valence-electron chi connectivity index (χ2n) is 8.69. The fourth-order valence-corrected chi connectivity index (χ4v) is 4.68. The molecule has 1 aliphatic rings. The molecule has 3 N–H and O–H groups in total. The van der Waals surface area contributed by atoms with Gasteiger partial charge in [0.2, 0.25) is 0 Å². The van der Waals surface area contributed by atoms with E-state index in [9.17, 15) is 0 Å². The van der Waals surface area contributed by atoms with Crippen LogP contribution in [0.2, 0.25) is 0 Å². The zero-order chi connectivity index (χ0) is 22.9. The summed E-state index contributed by atoms with van der Waals surface area (Å²) in [7, 11) is 0. The largest absolute Gasteiger partial charge is 0.383 e. The van der Waals surface area contributed by atoms with Gasteiger partial charge < -0.3 is 11.1 Å². The number of nitrogens with zero attached hydrogens (tertiary/aromatic N) is 6. The zero-order valence-electron chi connectivity index (χ0n) is 18.8. The van der Waals surface area contributed by atoms with Gasteiger partial charge in [0.05, 0.1) is 23.7 Å².